The lowest BCUT2D eigenvalue weighted by molar-refractivity contribution is -0.232. The third-order valence-corrected chi connectivity index (χ3v) is 12.6. The van der Waals surface area contributed by atoms with Crippen molar-refractivity contribution in [3.8, 4) is 5.75 Å². The number of nitrogens with zero attached hydrogens (tertiary/aromatic N) is 4. The van der Waals surface area contributed by atoms with E-state index in [0.29, 0.717) is 61.2 Å². The van der Waals surface area contributed by atoms with Crippen molar-refractivity contribution >= 4 is 55.6 Å². The summed E-state index contributed by atoms with van der Waals surface area (Å²) in [6.07, 6.45) is 0.464. The summed E-state index contributed by atoms with van der Waals surface area (Å²) in [6, 6.07) is 12.0. The summed E-state index contributed by atoms with van der Waals surface area (Å²) in [5, 5.41) is 12.8. The standard InChI is InChI=1S/C22H29Br2F3N2O2.C16H21N3O3/c1-14(11-15-12-17(23)19(30)18(24)13-15)20(31)29-7-3-16(4-8-29)28-9-5-21(2,6-10-28)22(25,26)27;1-22-16(21)18-9-7-13(8-10-18)19-11-6-12-4-2-3-5-14(12)17-15(19)20/h12-14,16,30H,3-11H2,1-2H3;2-5,13H,6-11H2,1H3,(H,17,20)/t14-;/m1./s1. The molecule has 4 aliphatic heterocycles. The van der Waals surface area contributed by atoms with Crippen molar-refractivity contribution in [2.45, 2.75) is 83.5 Å². The second kappa shape index (κ2) is 17.6. The second-order valence-electron chi connectivity index (χ2n) is 14.9. The molecule has 4 aliphatic rings. The minimum atomic E-state index is -4.15. The van der Waals surface area contributed by atoms with Gasteiger partial charge < -0.3 is 34.8 Å². The number of alkyl halides is 3. The number of urea groups is 1. The van der Waals surface area contributed by atoms with Gasteiger partial charge in [-0.1, -0.05) is 32.0 Å². The second-order valence-corrected chi connectivity index (χ2v) is 16.6. The maximum atomic E-state index is 13.3. The first-order chi connectivity index (χ1) is 25.1. The van der Waals surface area contributed by atoms with Gasteiger partial charge in [0.05, 0.1) is 21.5 Å². The number of piperidine rings is 3. The number of para-hydroxylation sites is 1. The van der Waals surface area contributed by atoms with E-state index in [9.17, 15) is 32.7 Å². The van der Waals surface area contributed by atoms with Crippen LogP contribution in [0.1, 0.15) is 63.5 Å². The average Bonchev–Trinajstić information content (AvgIpc) is 3.31. The predicted molar refractivity (Wildman–Crippen MR) is 204 cm³/mol. The highest BCUT2D eigenvalue weighted by Gasteiger charge is 2.52. The minimum Gasteiger partial charge on any atom is -0.506 e. The van der Waals surface area contributed by atoms with Crippen LogP contribution in [0.3, 0.4) is 0 Å². The van der Waals surface area contributed by atoms with E-state index in [1.807, 2.05) is 47.1 Å². The van der Waals surface area contributed by atoms with Crippen molar-refractivity contribution in [3.05, 3.63) is 56.5 Å². The van der Waals surface area contributed by atoms with Gasteiger partial charge in [-0.3, -0.25) is 4.79 Å². The highest BCUT2D eigenvalue weighted by atomic mass is 79.9. The molecule has 2 aromatic carbocycles. The monoisotopic (exact) mass is 871 g/mol. The number of phenolic OH excluding ortho intramolecular Hbond substituents is 1. The van der Waals surface area contributed by atoms with Gasteiger partial charge in [0, 0.05) is 56.4 Å². The number of ether oxygens (including phenoxy) is 1. The van der Waals surface area contributed by atoms with Crippen molar-refractivity contribution in [2.75, 3.05) is 58.2 Å². The molecule has 4 heterocycles. The number of nitrogens with one attached hydrogen (secondary N) is 1. The maximum absolute atomic E-state index is 13.3. The number of fused-ring (bicyclic) bond motifs is 1. The number of benzene rings is 2. The van der Waals surface area contributed by atoms with E-state index in [1.165, 1.54) is 19.6 Å². The molecule has 2 aromatic rings. The molecule has 0 spiro atoms. The van der Waals surface area contributed by atoms with Crippen molar-refractivity contribution in [3.63, 3.8) is 0 Å². The molecule has 0 aliphatic carbocycles. The molecule has 4 amide bonds. The van der Waals surface area contributed by atoms with Crippen LogP contribution in [0.4, 0.5) is 28.4 Å². The number of rotatable bonds is 5. The quantitative estimate of drug-likeness (QED) is 0.315. The van der Waals surface area contributed by atoms with Crippen LogP contribution in [-0.2, 0) is 22.4 Å². The fourth-order valence-corrected chi connectivity index (χ4v) is 9.11. The zero-order chi connectivity index (χ0) is 38.5. The Bertz CT molecular complexity index is 1580. The van der Waals surface area contributed by atoms with Gasteiger partial charge in [-0.2, -0.15) is 13.2 Å². The largest absolute Gasteiger partial charge is 0.506 e. The topological polar surface area (TPSA) is 106 Å². The summed E-state index contributed by atoms with van der Waals surface area (Å²) >= 11 is 6.64. The molecule has 15 heteroatoms. The molecular formula is C38H50Br2F3N5O5. The lowest BCUT2D eigenvalue weighted by Gasteiger charge is -2.45. The third kappa shape index (κ3) is 9.99. The average molecular weight is 874 g/mol. The van der Waals surface area contributed by atoms with E-state index in [1.54, 1.807) is 4.90 Å². The summed E-state index contributed by atoms with van der Waals surface area (Å²) in [5.41, 5.74) is 1.45. The number of likely N-dealkylation sites (tertiary alicyclic amines) is 3. The molecule has 3 fully saturated rings. The SMILES string of the molecule is COC(=O)N1CCC(N2CCc3ccccc3NC2=O)CC1.C[C@H](Cc1cc(Br)c(O)c(Br)c1)C(=O)N1CCC(N2CCC(C)(C(F)(F)F)CC2)CC1. The van der Waals surface area contributed by atoms with E-state index in [2.05, 4.69) is 48.1 Å². The minimum absolute atomic E-state index is 0.0403. The number of hydrogen-bond acceptors (Lipinski definition) is 6. The Labute approximate surface area is 326 Å². The van der Waals surface area contributed by atoms with Crippen LogP contribution in [0.15, 0.2) is 45.3 Å². The lowest BCUT2D eigenvalue weighted by Crippen LogP contribution is -2.53. The highest BCUT2D eigenvalue weighted by molar-refractivity contribution is 9.11. The van der Waals surface area contributed by atoms with E-state index in [4.69, 9.17) is 4.74 Å². The number of carbonyl (C=O) groups excluding carboxylic acids is 3. The van der Waals surface area contributed by atoms with Gasteiger partial charge in [-0.05, 0) is 126 Å². The number of amides is 4. The van der Waals surface area contributed by atoms with Crippen LogP contribution in [0.25, 0.3) is 0 Å². The van der Waals surface area contributed by atoms with Gasteiger partial charge in [0.15, 0.2) is 0 Å². The first-order valence-corrected chi connectivity index (χ1v) is 19.9. The summed E-state index contributed by atoms with van der Waals surface area (Å²) < 4.78 is 45.7. The number of aromatic hydroxyl groups is 1. The van der Waals surface area contributed by atoms with Crippen molar-refractivity contribution < 1.29 is 37.4 Å². The number of carbonyl (C=O) groups is 3. The van der Waals surface area contributed by atoms with Crippen LogP contribution in [0, 0.1) is 11.3 Å². The Morgan fingerprint density at radius 2 is 1.51 bits per heavy atom. The van der Waals surface area contributed by atoms with E-state index in [-0.39, 0.29) is 54.6 Å². The Hall–Kier alpha value is -3.04. The fraction of sp³-hybridized carbons (Fsp3) is 0.605. The van der Waals surface area contributed by atoms with Gasteiger partial charge in [0.2, 0.25) is 5.91 Å². The van der Waals surface area contributed by atoms with Crippen LogP contribution >= 0.6 is 31.9 Å². The molecule has 3 saturated heterocycles. The van der Waals surface area contributed by atoms with Crippen molar-refractivity contribution in [1.29, 1.82) is 0 Å². The molecule has 10 nitrogen and oxygen atoms in total. The van der Waals surface area contributed by atoms with Crippen molar-refractivity contribution in [2.24, 2.45) is 11.3 Å². The molecule has 0 saturated carbocycles. The van der Waals surface area contributed by atoms with E-state index >= 15 is 0 Å². The molecule has 0 aromatic heterocycles. The van der Waals surface area contributed by atoms with E-state index < -0.39 is 11.6 Å². The van der Waals surface area contributed by atoms with Gasteiger partial charge in [0.25, 0.3) is 0 Å². The highest BCUT2D eigenvalue weighted by Crippen LogP contribution is 2.46. The third-order valence-electron chi connectivity index (χ3n) is 11.4. The molecule has 292 valence electrons. The molecule has 0 unspecified atom stereocenters. The number of anilines is 1. The number of methoxy groups -OCH3 is 1. The Balaban J connectivity index is 0.000000216. The Morgan fingerprint density at radius 3 is 2.09 bits per heavy atom. The zero-order valence-corrected chi connectivity index (χ0v) is 33.7. The van der Waals surface area contributed by atoms with Gasteiger partial charge >= 0.3 is 18.3 Å². The fourth-order valence-electron chi connectivity index (χ4n) is 7.83. The Morgan fingerprint density at radius 1 is 0.943 bits per heavy atom. The van der Waals surface area contributed by atoms with Gasteiger partial charge in [0.1, 0.15) is 5.75 Å². The summed E-state index contributed by atoms with van der Waals surface area (Å²) in [7, 11) is 1.40. The van der Waals surface area contributed by atoms with Gasteiger partial charge in [-0.15, -0.1) is 0 Å². The van der Waals surface area contributed by atoms with Crippen LogP contribution in [0.5, 0.6) is 5.75 Å². The lowest BCUT2D eigenvalue weighted by atomic mass is 9.79. The van der Waals surface area contributed by atoms with Crippen LogP contribution < -0.4 is 5.32 Å². The summed E-state index contributed by atoms with van der Waals surface area (Å²) in [4.78, 5) is 44.6. The first kappa shape index (κ1) is 41.1. The first-order valence-electron chi connectivity index (χ1n) is 18.3. The molecule has 1 atom stereocenters. The molecule has 6 rings (SSSR count). The summed E-state index contributed by atoms with van der Waals surface area (Å²) in [6.45, 7) is 7.44. The molecule has 0 radical (unpaired) electrons. The molecular weight excluding hydrogens is 823 g/mol. The normalized spacial score (nSPS) is 20.8. The molecule has 0 bridgehead atoms. The Kier molecular flexibility index (Phi) is 13.7. The van der Waals surface area contributed by atoms with Crippen LogP contribution in [0.2, 0.25) is 0 Å². The number of halogens is 5. The van der Waals surface area contributed by atoms with Gasteiger partial charge in [-0.25, -0.2) is 9.59 Å². The molecule has 2 N–H and O–H groups in total. The van der Waals surface area contributed by atoms with Crippen LogP contribution in [-0.4, -0.2) is 114 Å². The summed E-state index contributed by atoms with van der Waals surface area (Å²) in [5.74, 6) is 0.0440. The maximum Gasteiger partial charge on any atom is 0.409 e. The molecule has 53 heavy (non-hydrogen) atoms. The zero-order valence-electron chi connectivity index (χ0n) is 30.6. The smallest absolute Gasteiger partial charge is 0.409 e. The number of phenols is 1. The van der Waals surface area contributed by atoms with Crippen molar-refractivity contribution in [1.82, 2.24) is 19.6 Å². The predicted octanol–water partition coefficient (Wildman–Crippen LogP) is 8.06. The van der Waals surface area contributed by atoms with E-state index in [0.717, 1.165) is 43.4 Å². The number of hydrogen-bond donors (Lipinski definition) is 2.